The summed E-state index contributed by atoms with van der Waals surface area (Å²) in [5.41, 5.74) is 1.01. The number of halogens is 3. The number of nitrogens with zero attached hydrogens (tertiary/aromatic N) is 1. The number of benzene rings is 1. The molecule has 1 aromatic rings. The number of alkyl halides is 3. The van der Waals surface area contributed by atoms with Gasteiger partial charge in [0.15, 0.2) is 6.61 Å². The van der Waals surface area contributed by atoms with Crippen molar-refractivity contribution in [2.45, 2.75) is 19.5 Å². The Kier molecular flexibility index (Phi) is 3.78. The summed E-state index contributed by atoms with van der Waals surface area (Å²) >= 11 is 0. The number of ether oxygens (including phenoxy) is 1. The molecule has 86 valence electrons. The molecule has 0 atom stereocenters. The number of aryl methyl sites for hydroxylation is 1. The van der Waals surface area contributed by atoms with Gasteiger partial charge in [0.2, 0.25) is 0 Å². The Morgan fingerprint density at radius 1 is 1.38 bits per heavy atom. The van der Waals surface area contributed by atoms with E-state index < -0.39 is 12.8 Å². The van der Waals surface area contributed by atoms with E-state index in [1.807, 2.05) is 13.0 Å². The molecule has 0 spiro atoms. The van der Waals surface area contributed by atoms with Crippen molar-refractivity contribution in [1.29, 1.82) is 5.26 Å². The quantitative estimate of drug-likeness (QED) is 0.798. The fourth-order valence-corrected chi connectivity index (χ4v) is 1.17. The van der Waals surface area contributed by atoms with Crippen LogP contribution in [-0.2, 0) is 6.42 Å². The molecule has 0 aliphatic rings. The van der Waals surface area contributed by atoms with Crippen LogP contribution in [0.25, 0.3) is 0 Å². The standard InChI is InChI=1S/C11H10F3NO/c1-2-8-3-4-10(9(5-8)6-15)16-7-11(12,13)14/h3-5H,2,7H2,1H3. The van der Waals surface area contributed by atoms with E-state index in [1.165, 1.54) is 12.1 Å². The van der Waals surface area contributed by atoms with Gasteiger partial charge in [0.05, 0.1) is 5.56 Å². The highest BCUT2D eigenvalue weighted by Gasteiger charge is 2.28. The third kappa shape index (κ3) is 3.46. The minimum Gasteiger partial charge on any atom is -0.483 e. The lowest BCUT2D eigenvalue weighted by Gasteiger charge is -2.10. The van der Waals surface area contributed by atoms with Crippen LogP contribution in [0.2, 0.25) is 0 Å². The monoisotopic (exact) mass is 229 g/mol. The highest BCUT2D eigenvalue weighted by atomic mass is 19.4. The van der Waals surface area contributed by atoms with Gasteiger partial charge in [-0.1, -0.05) is 13.0 Å². The molecule has 5 heteroatoms. The van der Waals surface area contributed by atoms with Crippen LogP contribution in [0.1, 0.15) is 18.1 Å². The fraction of sp³-hybridized carbons (Fsp3) is 0.364. The third-order valence-corrected chi connectivity index (χ3v) is 1.96. The maximum Gasteiger partial charge on any atom is 0.422 e. The molecule has 0 aliphatic carbocycles. The minimum atomic E-state index is -4.39. The molecule has 0 aromatic heterocycles. The summed E-state index contributed by atoms with van der Waals surface area (Å²) in [6.45, 7) is 0.514. The summed E-state index contributed by atoms with van der Waals surface area (Å²) in [5, 5.41) is 8.76. The number of hydrogen-bond acceptors (Lipinski definition) is 2. The van der Waals surface area contributed by atoms with Crippen molar-refractivity contribution in [1.82, 2.24) is 0 Å². The van der Waals surface area contributed by atoms with Crippen molar-refractivity contribution in [3.63, 3.8) is 0 Å². The normalized spacial score (nSPS) is 10.9. The van der Waals surface area contributed by atoms with E-state index in [-0.39, 0.29) is 11.3 Å². The molecule has 16 heavy (non-hydrogen) atoms. The molecule has 0 heterocycles. The molecule has 0 bridgehead atoms. The number of rotatable bonds is 3. The Labute approximate surface area is 91.3 Å². The first-order valence-corrected chi connectivity index (χ1v) is 4.69. The second-order valence-electron chi connectivity index (χ2n) is 3.20. The van der Waals surface area contributed by atoms with E-state index in [9.17, 15) is 13.2 Å². The molecule has 2 nitrogen and oxygen atoms in total. The predicted octanol–water partition coefficient (Wildman–Crippen LogP) is 3.06. The molecule has 0 radical (unpaired) electrons. The zero-order chi connectivity index (χ0) is 12.2. The average Bonchev–Trinajstić information content (AvgIpc) is 2.25. The van der Waals surface area contributed by atoms with Crippen molar-refractivity contribution in [2.24, 2.45) is 0 Å². The predicted molar refractivity (Wildman–Crippen MR) is 52.1 cm³/mol. The van der Waals surface area contributed by atoms with Gasteiger partial charge in [-0.2, -0.15) is 18.4 Å². The molecular weight excluding hydrogens is 219 g/mol. The Hall–Kier alpha value is -1.70. The van der Waals surface area contributed by atoms with Gasteiger partial charge in [-0.3, -0.25) is 0 Å². The Morgan fingerprint density at radius 2 is 2.06 bits per heavy atom. The van der Waals surface area contributed by atoms with Gasteiger partial charge in [0, 0.05) is 0 Å². The lowest BCUT2D eigenvalue weighted by molar-refractivity contribution is -0.153. The van der Waals surface area contributed by atoms with Crippen LogP contribution in [0.3, 0.4) is 0 Å². The van der Waals surface area contributed by atoms with Gasteiger partial charge in [-0.05, 0) is 24.1 Å². The maximum atomic E-state index is 11.9. The van der Waals surface area contributed by atoms with Gasteiger partial charge >= 0.3 is 6.18 Å². The smallest absolute Gasteiger partial charge is 0.422 e. The summed E-state index contributed by atoms with van der Waals surface area (Å²) in [5.74, 6) is -0.0305. The molecule has 0 amide bonds. The van der Waals surface area contributed by atoms with Crippen LogP contribution in [0.4, 0.5) is 13.2 Å². The van der Waals surface area contributed by atoms with Gasteiger partial charge in [0.25, 0.3) is 0 Å². The van der Waals surface area contributed by atoms with Crippen LogP contribution in [-0.4, -0.2) is 12.8 Å². The first-order valence-electron chi connectivity index (χ1n) is 4.69. The molecular formula is C11H10F3NO. The van der Waals surface area contributed by atoms with Crippen molar-refractivity contribution in [2.75, 3.05) is 6.61 Å². The molecule has 0 fully saturated rings. The highest BCUT2D eigenvalue weighted by Crippen LogP contribution is 2.23. The third-order valence-electron chi connectivity index (χ3n) is 1.96. The summed E-state index contributed by atoms with van der Waals surface area (Å²) < 4.78 is 40.3. The highest BCUT2D eigenvalue weighted by molar-refractivity contribution is 5.45. The summed E-state index contributed by atoms with van der Waals surface area (Å²) in [4.78, 5) is 0. The summed E-state index contributed by atoms with van der Waals surface area (Å²) in [6, 6.07) is 6.39. The molecule has 1 aromatic carbocycles. The van der Waals surface area contributed by atoms with E-state index >= 15 is 0 Å². The van der Waals surface area contributed by atoms with Crippen LogP contribution in [0, 0.1) is 11.3 Å². The topological polar surface area (TPSA) is 33.0 Å². The van der Waals surface area contributed by atoms with Crippen LogP contribution in [0.15, 0.2) is 18.2 Å². The van der Waals surface area contributed by atoms with Gasteiger partial charge in [-0.25, -0.2) is 0 Å². The zero-order valence-corrected chi connectivity index (χ0v) is 8.64. The largest absolute Gasteiger partial charge is 0.483 e. The number of nitriles is 1. The summed E-state index contributed by atoms with van der Waals surface area (Å²) in [6.07, 6.45) is -3.68. The van der Waals surface area contributed by atoms with Crippen LogP contribution < -0.4 is 4.74 Å². The molecule has 0 saturated carbocycles. The van der Waals surface area contributed by atoms with Crippen molar-refractivity contribution >= 4 is 0 Å². The van der Waals surface area contributed by atoms with Gasteiger partial charge < -0.3 is 4.74 Å². The van der Waals surface area contributed by atoms with Crippen LogP contribution >= 0.6 is 0 Å². The van der Waals surface area contributed by atoms with E-state index in [0.29, 0.717) is 6.42 Å². The molecule has 0 saturated heterocycles. The van der Waals surface area contributed by atoms with Crippen molar-refractivity contribution < 1.29 is 17.9 Å². The van der Waals surface area contributed by atoms with Crippen molar-refractivity contribution in [3.05, 3.63) is 29.3 Å². The van der Waals surface area contributed by atoms with Gasteiger partial charge in [-0.15, -0.1) is 0 Å². The van der Waals surface area contributed by atoms with E-state index in [4.69, 9.17) is 5.26 Å². The Morgan fingerprint density at radius 3 is 2.56 bits per heavy atom. The zero-order valence-electron chi connectivity index (χ0n) is 8.64. The maximum absolute atomic E-state index is 11.9. The van der Waals surface area contributed by atoms with E-state index in [0.717, 1.165) is 5.56 Å². The lowest BCUT2D eigenvalue weighted by atomic mass is 10.1. The molecule has 0 unspecified atom stereocenters. The molecule has 0 N–H and O–H groups in total. The number of hydrogen-bond donors (Lipinski definition) is 0. The SMILES string of the molecule is CCc1ccc(OCC(F)(F)F)c(C#N)c1. The fourth-order valence-electron chi connectivity index (χ4n) is 1.17. The summed E-state index contributed by atoms with van der Waals surface area (Å²) in [7, 11) is 0. The second kappa shape index (κ2) is 4.88. The van der Waals surface area contributed by atoms with Crippen molar-refractivity contribution in [3.8, 4) is 11.8 Å². The average molecular weight is 229 g/mol. The molecule has 0 aliphatic heterocycles. The van der Waals surface area contributed by atoms with E-state index in [1.54, 1.807) is 6.07 Å². The lowest BCUT2D eigenvalue weighted by Crippen LogP contribution is -2.19. The minimum absolute atomic E-state index is 0.0305. The first kappa shape index (κ1) is 12.4. The Balaban J connectivity index is 2.85. The first-order chi connectivity index (χ1) is 7.46. The van der Waals surface area contributed by atoms with Gasteiger partial charge in [0.1, 0.15) is 11.8 Å². The molecule has 1 rings (SSSR count). The van der Waals surface area contributed by atoms with E-state index in [2.05, 4.69) is 4.74 Å². The second-order valence-corrected chi connectivity index (χ2v) is 3.20. The van der Waals surface area contributed by atoms with Crippen LogP contribution in [0.5, 0.6) is 5.75 Å². The Bertz CT molecular complexity index is 407.